The maximum absolute atomic E-state index is 8.89. The van der Waals surface area contributed by atoms with Gasteiger partial charge in [0.25, 0.3) is 0 Å². The molecule has 1 fully saturated rings. The van der Waals surface area contributed by atoms with E-state index in [1.54, 1.807) is 0 Å². The van der Waals surface area contributed by atoms with Gasteiger partial charge < -0.3 is 14.4 Å². The van der Waals surface area contributed by atoms with Crippen molar-refractivity contribution in [3.8, 4) is 0 Å². The Morgan fingerprint density at radius 1 is 0.720 bits per heavy atom. The number of carboxylic acid groups (broad SMARTS) is 1. The first-order valence-corrected chi connectivity index (χ1v) is 11.1. The zero-order chi connectivity index (χ0) is 18.8. The minimum Gasteiger partial charge on any atom is -0.550 e. The molecule has 1 aliphatic heterocycles. The van der Waals surface area contributed by atoms with Gasteiger partial charge in [0.05, 0.1) is 26.2 Å². The van der Waals surface area contributed by atoms with Crippen LogP contribution in [0.4, 0.5) is 0 Å². The number of quaternary nitrogens is 1. The van der Waals surface area contributed by atoms with E-state index in [2.05, 4.69) is 13.8 Å². The highest BCUT2D eigenvalue weighted by Gasteiger charge is 2.30. The zero-order valence-electron chi connectivity index (χ0n) is 17.5. The number of carbonyl (C=O) groups is 1. The fourth-order valence-electron chi connectivity index (χ4n) is 3.99. The fourth-order valence-corrected chi connectivity index (χ4v) is 3.99. The second-order valence-corrected chi connectivity index (χ2v) is 7.97. The molecule has 150 valence electrons. The quantitative estimate of drug-likeness (QED) is 0.322. The van der Waals surface area contributed by atoms with Gasteiger partial charge >= 0.3 is 0 Å². The van der Waals surface area contributed by atoms with Gasteiger partial charge in [-0.2, -0.15) is 0 Å². The number of carbonyl (C=O) groups excluding carboxylic acids is 1. The van der Waals surface area contributed by atoms with Crippen LogP contribution in [0.3, 0.4) is 0 Å². The molecule has 0 unspecified atom stereocenters. The highest BCUT2D eigenvalue weighted by molar-refractivity contribution is 5.60. The van der Waals surface area contributed by atoms with Crippen LogP contribution in [0.1, 0.15) is 111 Å². The number of rotatable bonds is 14. The van der Waals surface area contributed by atoms with Crippen molar-refractivity contribution in [1.82, 2.24) is 0 Å². The summed E-state index contributed by atoms with van der Waals surface area (Å²) >= 11 is 0. The standard InChI is InChI=1S/C20H42N.C2H4O2/c1-3-5-7-8-9-10-11-12-13-14-18-21(17-6-4-2)19-15-16-20-21;1-2(3)4/h3-20H2,1-2H3;1H3,(H,3,4)/q+1;/p-1. The summed E-state index contributed by atoms with van der Waals surface area (Å²) < 4.78 is 1.48. The van der Waals surface area contributed by atoms with Gasteiger partial charge in [-0.3, -0.25) is 0 Å². The summed E-state index contributed by atoms with van der Waals surface area (Å²) in [5.41, 5.74) is 0. The summed E-state index contributed by atoms with van der Waals surface area (Å²) in [6.45, 7) is 11.5. The number of hydrogen-bond acceptors (Lipinski definition) is 2. The Bertz CT molecular complexity index is 294. The van der Waals surface area contributed by atoms with Crippen LogP contribution < -0.4 is 5.11 Å². The van der Waals surface area contributed by atoms with Crippen LogP contribution in [0.25, 0.3) is 0 Å². The summed E-state index contributed by atoms with van der Waals surface area (Å²) in [6, 6.07) is 0. The molecule has 0 spiro atoms. The number of carboxylic acids is 1. The molecule has 0 aromatic carbocycles. The maximum atomic E-state index is 8.89. The van der Waals surface area contributed by atoms with E-state index in [-0.39, 0.29) is 0 Å². The average molecular weight is 356 g/mol. The summed E-state index contributed by atoms with van der Waals surface area (Å²) in [7, 11) is 0. The predicted octanol–water partition coefficient (Wildman–Crippen LogP) is 5.07. The van der Waals surface area contributed by atoms with Crippen molar-refractivity contribution < 1.29 is 14.4 Å². The Morgan fingerprint density at radius 2 is 1.08 bits per heavy atom. The monoisotopic (exact) mass is 355 g/mol. The van der Waals surface area contributed by atoms with Crippen LogP contribution >= 0.6 is 0 Å². The van der Waals surface area contributed by atoms with E-state index in [0.717, 1.165) is 6.92 Å². The Hall–Kier alpha value is -0.570. The summed E-state index contributed by atoms with van der Waals surface area (Å²) in [4.78, 5) is 8.89. The molecule has 1 rings (SSSR count). The molecule has 0 amide bonds. The summed E-state index contributed by atoms with van der Waals surface area (Å²) in [5, 5.41) is 8.89. The molecule has 3 nitrogen and oxygen atoms in total. The first-order chi connectivity index (χ1) is 12.1. The molecule has 0 radical (unpaired) electrons. The van der Waals surface area contributed by atoms with Crippen LogP contribution in [-0.4, -0.2) is 36.6 Å². The Labute approximate surface area is 157 Å². The van der Waals surface area contributed by atoms with E-state index in [0.29, 0.717) is 0 Å². The van der Waals surface area contributed by atoms with Crippen molar-refractivity contribution in [1.29, 1.82) is 0 Å². The van der Waals surface area contributed by atoms with Crippen molar-refractivity contribution in [2.24, 2.45) is 0 Å². The highest BCUT2D eigenvalue weighted by atomic mass is 16.4. The lowest BCUT2D eigenvalue weighted by atomic mass is 10.1. The molecule has 0 aliphatic carbocycles. The molecule has 0 N–H and O–H groups in total. The summed E-state index contributed by atoms with van der Waals surface area (Å²) in [5.74, 6) is -1.08. The SMILES string of the molecule is CC(=O)[O-].CCCCCCCCCCCC[N+]1(CCCC)CCCC1. The molecule has 0 saturated carbocycles. The van der Waals surface area contributed by atoms with Gasteiger partial charge in [0.2, 0.25) is 0 Å². The van der Waals surface area contributed by atoms with E-state index in [4.69, 9.17) is 9.90 Å². The average Bonchev–Trinajstić information content (AvgIpc) is 3.03. The van der Waals surface area contributed by atoms with E-state index < -0.39 is 5.97 Å². The third-order valence-corrected chi connectivity index (χ3v) is 5.49. The van der Waals surface area contributed by atoms with Crippen molar-refractivity contribution in [3.63, 3.8) is 0 Å². The van der Waals surface area contributed by atoms with Crippen molar-refractivity contribution in [3.05, 3.63) is 0 Å². The lowest BCUT2D eigenvalue weighted by Crippen LogP contribution is -2.46. The molecular weight excluding hydrogens is 310 g/mol. The maximum Gasteiger partial charge on any atom is 0.0788 e. The minimum absolute atomic E-state index is 0.972. The number of nitrogens with zero attached hydrogens (tertiary/aromatic N) is 1. The molecule has 0 atom stereocenters. The number of likely N-dealkylation sites (tertiary alicyclic amines) is 1. The smallest absolute Gasteiger partial charge is 0.0788 e. The fraction of sp³-hybridized carbons (Fsp3) is 0.955. The number of hydrogen-bond donors (Lipinski definition) is 0. The topological polar surface area (TPSA) is 40.1 Å². The molecule has 25 heavy (non-hydrogen) atoms. The summed E-state index contributed by atoms with van der Waals surface area (Å²) in [6.07, 6.45) is 20.5. The molecule has 0 bridgehead atoms. The Morgan fingerprint density at radius 3 is 1.52 bits per heavy atom. The number of aliphatic carboxylic acids is 1. The van der Waals surface area contributed by atoms with Crippen LogP contribution in [0, 0.1) is 0 Å². The highest BCUT2D eigenvalue weighted by Crippen LogP contribution is 2.22. The van der Waals surface area contributed by atoms with Crippen LogP contribution in [0.2, 0.25) is 0 Å². The van der Waals surface area contributed by atoms with Gasteiger partial charge in [0.1, 0.15) is 0 Å². The normalized spacial score (nSPS) is 15.6. The molecule has 1 saturated heterocycles. The van der Waals surface area contributed by atoms with Gasteiger partial charge in [-0.15, -0.1) is 0 Å². The lowest BCUT2D eigenvalue weighted by Gasteiger charge is -2.34. The van der Waals surface area contributed by atoms with Crippen molar-refractivity contribution >= 4 is 5.97 Å². The van der Waals surface area contributed by atoms with Crippen LogP contribution in [-0.2, 0) is 4.79 Å². The van der Waals surface area contributed by atoms with Gasteiger partial charge in [0.15, 0.2) is 0 Å². The Balaban J connectivity index is 0.00000129. The predicted molar refractivity (Wildman–Crippen MR) is 106 cm³/mol. The number of unbranched alkanes of at least 4 members (excludes halogenated alkanes) is 10. The molecule has 1 aliphatic rings. The molecule has 3 heteroatoms. The third kappa shape index (κ3) is 15.4. The third-order valence-electron chi connectivity index (χ3n) is 5.49. The second kappa shape index (κ2) is 16.9. The van der Waals surface area contributed by atoms with E-state index in [1.165, 1.54) is 121 Å². The van der Waals surface area contributed by atoms with Gasteiger partial charge in [0, 0.05) is 18.8 Å². The van der Waals surface area contributed by atoms with Crippen molar-refractivity contribution in [2.75, 3.05) is 26.2 Å². The van der Waals surface area contributed by atoms with E-state index in [9.17, 15) is 0 Å². The molecule has 1 heterocycles. The van der Waals surface area contributed by atoms with Crippen molar-refractivity contribution in [2.45, 2.75) is 111 Å². The van der Waals surface area contributed by atoms with Crippen LogP contribution in [0.15, 0.2) is 0 Å². The minimum atomic E-state index is -1.08. The van der Waals surface area contributed by atoms with Gasteiger partial charge in [-0.1, -0.05) is 71.6 Å². The lowest BCUT2D eigenvalue weighted by molar-refractivity contribution is -0.917. The molecule has 0 aromatic heterocycles. The molecular formula is C22H45NO2. The molecule has 0 aromatic rings. The van der Waals surface area contributed by atoms with Crippen LogP contribution in [0.5, 0.6) is 0 Å². The first-order valence-electron chi connectivity index (χ1n) is 11.1. The van der Waals surface area contributed by atoms with Gasteiger partial charge in [-0.05, 0) is 26.2 Å². The largest absolute Gasteiger partial charge is 0.550 e. The van der Waals surface area contributed by atoms with E-state index in [1.807, 2.05) is 0 Å². The Kier molecular flexibility index (Phi) is 16.5. The van der Waals surface area contributed by atoms with Gasteiger partial charge in [-0.25, -0.2) is 0 Å². The first kappa shape index (κ1) is 24.4. The zero-order valence-corrected chi connectivity index (χ0v) is 17.5. The van der Waals surface area contributed by atoms with E-state index >= 15 is 0 Å². The second-order valence-electron chi connectivity index (χ2n) is 7.97.